The van der Waals surface area contributed by atoms with Crippen LogP contribution in [-0.2, 0) is 16.1 Å². The second-order valence-corrected chi connectivity index (χ2v) is 6.44. The van der Waals surface area contributed by atoms with Crippen molar-refractivity contribution in [3.8, 4) is 0 Å². The summed E-state index contributed by atoms with van der Waals surface area (Å²) >= 11 is 6.01. The van der Waals surface area contributed by atoms with Crippen LogP contribution in [0.15, 0.2) is 36.4 Å². The molecule has 0 spiro atoms. The number of nitrogens with one attached hydrogen (secondary N) is 2. The van der Waals surface area contributed by atoms with Crippen LogP contribution >= 0.6 is 11.6 Å². The molecule has 2 aromatic rings. The summed E-state index contributed by atoms with van der Waals surface area (Å²) in [6.07, 6.45) is 0.553. The normalized spacial score (nSPS) is 14.6. The maximum Gasteiger partial charge on any atom is 0.240 e. The second kappa shape index (κ2) is 6.99. The van der Waals surface area contributed by atoms with E-state index in [4.69, 9.17) is 11.6 Å². The van der Waals surface area contributed by atoms with Gasteiger partial charge >= 0.3 is 0 Å². The Kier molecular flexibility index (Phi) is 4.91. The van der Waals surface area contributed by atoms with Crippen LogP contribution in [0.25, 0.3) is 0 Å². The zero-order valence-electron chi connectivity index (χ0n) is 13.4. The number of hydrogen-bond acceptors (Lipinski definition) is 2. The van der Waals surface area contributed by atoms with Crippen molar-refractivity contribution < 1.29 is 22.8 Å². The Bertz CT molecular complexity index is 885. The van der Waals surface area contributed by atoms with E-state index in [0.29, 0.717) is 16.7 Å². The van der Waals surface area contributed by atoms with Crippen LogP contribution in [0, 0.1) is 22.9 Å². The Morgan fingerprint density at radius 1 is 1.00 bits per heavy atom. The Hall–Kier alpha value is -2.54. The van der Waals surface area contributed by atoms with Gasteiger partial charge in [-0.05, 0) is 36.6 Å². The smallest absolute Gasteiger partial charge is 0.240 e. The fraction of sp³-hybridized carbons (Fsp3) is 0.222. The molecule has 0 unspecified atom stereocenters. The van der Waals surface area contributed by atoms with E-state index in [-0.39, 0.29) is 19.4 Å². The van der Waals surface area contributed by atoms with E-state index in [0.717, 1.165) is 6.07 Å². The van der Waals surface area contributed by atoms with Crippen LogP contribution in [0.1, 0.15) is 18.4 Å². The largest absolute Gasteiger partial charge is 0.351 e. The SMILES string of the molecule is O=C(NCc1ccccc1Cl)C1(C(=O)Nc2ccc(F)c(F)c2F)CC1. The third kappa shape index (κ3) is 3.39. The molecule has 0 aliphatic heterocycles. The molecule has 2 amide bonds. The van der Waals surface area contributed by atoms with Crippen LogP contribution in [0.4, 0.5) is 18.9 Å². The van der Waals surface area contributed by atoms with Crippen LogP contribution in [0.2, 0.25) is 5.02 Å². The molecule has 0 radical (unpaired) electrons. The van der Waals surface area contributed by atoms with Gasteiger partial charge in [0.2, 0.25) is 11.8 Å². The molecular weight excluding hydrogens is 369 g/mol. The molecule has 0 saturated heterocycles. The molecule has 136 valence electrons. The molecule has 1 aliphatic rings. The van der Waals surface area contributed by atoms with Gasteiger partial charge in [0, 0.05) is 11.6 Å². The predicted molar refractivity (Wildman–Crippen MR) is 89.9 cm³/mol. The summed E-state index contributed by atoms with van der Waals surface area (Å²) in [5.74, 6) is -5.85. The minimum Gasteiger partial charge on any atom is -0.351 e. The lowest BCUT2D eigenvalue weighted by Gasteiger charge is -2.16. The third-order valence-electron chi connectivity index (χ3n) is 4.30. The van der Waals surface area contributed by atoms with Gasteiger partial charge in [0.1, 0.15) is 5.41 Å². The van der Waals surface area contributed by atoms with Crippen LogP contribution in [0.3, 0.4) is 0 Å². The lowest BCUT2D eigenvalue weighted by atomic mass is 10.0. The van der Waals surface area contributed by atoms with Gasteiger partial charge in [0.05, 0.1) is 5.69 Å². The zero-order chi connectivity index (χ0) is 18.9. The van der Waals surface area contributed by atoms with Crippen molar-refractivity contribution in [2.45, 2.75) is 19.4 Å². The Balaban J connectivity index is 1.68. The Morgan fingerprint density at radius 2 is 1.69 bits per heavy atom. The summed E-state index contributed by atoms with van der Waals surface area (Å²) in [5, 5.41) is 5.27. The van der Waals surface area contributed by atoms with Gasteiger partial charge in [-0.1, -0.05) is 29.8 Å². The molecule has 26 heavy (non-hydrogen) atoms. The molecule has 4 nitrogen and oxygen atoms in total. The number of anilines is 1. The summed E-state index contributed by atoms with van der Waals surface area (Å²) in [4.78, 5) is 24.8. The lowest BCUT2D eigenvalue weighted by molar-refractivity contribution is -0.134. The highest BCUT2D eigenvalue weighted by Gasteiger charge is 2.56. The average Bonchev–Trinajstić information content (AvgIpc) is 3.43. The molecule has 8 heteroatoms. The van der Waals surface area contributed by atoms with Crippen molar-refractivity contribution in [2.24, 2.45) is 5.41 Å². The maximum atomic E-state index is 13.7. The van der Waals surface area contributed by atoms with Gasteiger partial charge in [-0.2, -0.15) is 0 Å². The predicted octanol–water partition coefficient (Wildman–Crippen LogP) is 3.79. The number of carbonyl (C=O) groups excluding carboxylic acids is 2. The summed E-state index contributed by atoms with van der Waals surface area (Å²) in [6, 6.07) is 8.53. The van der Waals surface area contributed by atoms with E-state index in [9.17, 15) is 22.8 Å². The van der Waals surface area contributed by atoms with Crippen LogP contribution in [0.5, 0.6) is 0 Å². The number of amides is 2. The number of hydrogen-bond donors (Lipinski definition) is 2. The monoisotopic (exact) mass is 382 g/mol. The highest BCUT2D eigenvalue weighted by molar-refractivity contribution is 6.31. The number of rotatable bonds is 5. The number of benzene rings is 2. The minimum absolute atomic E-state index is 0.132. The van der Waals surface area contributed by atoms with Gasteiger partial charge in [0.25, 0.3) is 0 Å². The first-order chi connectivity index (χ1) is 12.3. The van der Waals surface area contributed by atoms with E-state index >= 15 is 0 Å². The number of carbonyl (C=O) groups is 2. The molecule has 1 saturated carbocycles. The van der Waals surface area contributed by atoms with Crippen molar-refractivity contribution >= 4 is 29.1 Å². The average molecular weight is 383 g/mol. The number of halogens is 4. The van der Waals surface area contributed by atoms with Crippen molar-refractivity contribution in [2.75, 3.05) is 5.32 Å². The molecule has 0 bridgehead atoms. The summed E-state index contributed by atoms with van der Waals surface area (Å²) < 4.78 is 39.9. The van der Waals surface area contributed by atoms with Gasteiger partial charge < -0.3 is 10.6 Å². The summed E-state index contributed by atoms with van der Waals surface area (Å²) in [7, 11) is 0. The fourth-order valence-corrected chi connectivity index (χ4v) is 2.74. The molecule has 2 N–H and O–H groups in total. The van der Waals surface area contributed by atoms with E-state index < -0.39 is 40.4 Å². The second-order valence-electron chi connectivity index (χ2n) is 6.03. The topological polar surface area (TPSA) is 58.2 Å². The highest BCUT2D eigenvalue weighted by Crippen LogP contribution is 2.47. The standard InChI is InChI=1S/C18H14ClF3N2O2/c19-11-4-2-1-3-10(11)9-23-16(25)18(7-8-18)17(26)24-13-6-5-12(20)14(21)15(13)22/h1-6H,7-9H2,(H,23,25)(H,24,26). The molecular formula is C18H14ClF3N2O2. The molecule has 1 fully saturated rings. The molecule has 2 aromatic carbocycles. The van der Waals surface area contributed by atoms with Gasteiger partial charge in [-0.25, -0.2) is 13.2 Å². The summed E-state index contributed by atoms with van der Waals surface area (Å²) in [6.45, 7) is 0.132. The molecule has 0 heterocycles. The van der Waals surface area contributed by atoms with Gasteiger partial charge in [0.15, 0.2) is 17.5 Å². The van der Waals surface area contributed by atoms with Crippen molar-refractivity contribution in [3.63, 3.8) is 0 Å². The van der Waals surface area contributed by atoms with E-state index in [1.807, 2.05) is 0 Å². The van der Waals surface area contributed by atoms with Crippen molar-refractivity contribution in [1.82, 2.24) is 5.32 Å². The quantitative estimate of drug-likeness (QED) is 0.610. The molecule has 0 atom stereocenters. The molecule has 0 aromatic heterocycles. The first-order valence-electron chi connectivity index (χ1n) is 7.82. The van der Waals surface area contributed by atoms with Crippen molar-refractivity contribution in [3.05, 3.63) is 64.4 Å². The van der Waals surface area contributed by atoms with E-state index in [1.165, 1.54) is 0 Å². The lowest BCUT2D eigenvalue weighted by Crippen LogP contribution is -2.39. The highest BCUT2D eigenvalue weighted by atomic mass is 35.5. The first-order valence-corrected chi connectivity index (χ1v) is 8.19. The maximum absolute atomic E-state index is 13.7. The van der Waals surface area contributed by atoms with E-state index in [2.05, 4.69) is 10.6 Å². The van der Waals surface area contributed by atoms with Crippen LogP contribution in [-0.4, -0.2) is 11.8 Å². The minimum atomic E-state index is -1.68. The van der Waals surface area contributed by atoms with Gasteiger partial charge in [-0.3, -0.25) is 9.59 Å². The fourth-order valence-electron chi connectivity index (χ4n) is 2.53. The summed E-state index contributed by atoms with van der Waals surface area (Å²) in [5.41, 5.74) is -1.18. The zero-order valence-corrected chi connectivity index (χ0v) is 14.2. The first kappa shape index (κ1) is 18.3. The third-order valence-corrected chi connectivity index (χ3v) is 4.67. The van der Waals surface area contributed by atoms with E-state index in [1.54, 1.807) is 24.3 Å². The van der Waals surface area contributed by atoms with Crippen molar-refractivity contribution in [1.29, 1.82) is 0 Å². The van der Waals surface area contributed by atoms with Gasteiger partial charge in [-0.15, -0.1) is 0 Å². The Morgan fingerprint density at radius 3 is 2.35 bits per heavy atom. The molecule has 3 rings (SSSR count). The molecule has 1 aliphatic carbocycles. The van der Waals surface area contributed by atoms with Crippen LogP contribution < -0.4 is 10.6 Å². The Labute approximate surface area is 152 Å².